The molecular formula is C13H15N3O4S. The molecule has 8 heteroatoms. The molecule has 0 unspecified atom stereocenters. The van der Waals surface area contributed by atoms with Crippen molar-refractivity contribution < 1.29 is 14.8 Å². The van der Waals surface area contributed by atoms with Crippen molar-refractivity contribution in [1.29, 1.82) is 0 Å². The molecule has 112 valence electrons. The minimum absolute atomic E-state index is 0.0810. The SMILES string of the molecule is O=C(O)NCCCCCc1nc2ccc([N+](=O)[O-])cc2s1. The maximum Gasteiger partial charge on any atom is 0.404 e. The number of nitrogens with one attached hydrogen (secondary N) is 1. The second kappa shape index (κ2) is 6.98. The van der Waals surface area contributed by atoms with Gasteiger partial charge in [0.1, 0.15) is 0 Å². The lowest BCUT2D eigenvalue weighted by Gasteiger charge is -1.99. The molecule has 2 N–H and O–H groups in total. The van der Waals surface area contributed by atoms with Crippen LogP contribution >= 0.6 is 11.3 Å². The summed E-state index contributed by atoms with van der Waals surface area (Å²) in [4.78, 5) is 25.0. The van der Waals surface area contributed by atoms with Crippen molar-refractivity contribution in [3.63, 3.8) is 0 Å². The summed E-state index contributed by atoms with van der Waals surface area (Å²) >= 11 is 1.47. The van der Waals surface area contributed by atoms with Crippen molar-refractivity contribution in [3.8, 4) is 0 Å². The molecule has 1 aromatic heterocycles. The van der Waals surface area contributed by atoms with Crippen LogP contribution in [-0.4, -0.2) is 27.7 Å². The number of rotatable bonds is 7. The van der Waals surface area contributed by atoms with Gasteiger partial charge in [0.25, 0.3) is 5.69 Å². The summed E-state index contributed by atoms with van der Waals surface area (Å²) in [5, 5.41) is 22.4. The first-order valence-electron chi connectivity index (χ1n) is 6.57. The van der Waals surface area contributed by atoms with Crippen LogP contribution in [0.2, 0.25) is 0 Å². The average molecular weight is 309 g/mol. The fourth-order valence-corrected chi connectivity index (χ4v) is 3.00. The number of carbonyl (C=O) groups is 1. The largest absolute Gasteiger partial charge is 0.465 e. The van der Waals surface area contributed by atoms with E-state index in [1.54, 1.807) is 12.1 Å². The minimum Gasteiger partial charge on any atom is -0.465 e. The number of non-ortho nitro benzene ring substituents is 1. The number of unbranched alkanes of at least 4 members (excludes halogenated alkanes) is 2. The number of nitro groups is 1. The van der Waals surface area contributed by atoms with E-state index < -0.39 is 11.0 Å². The quantitative estimate of drug-likeness (QED) is 0.464. The van der Waals surface area contributed by atoms with Gasteiger partial charge >= 0.3 is 6.09 Å². The standard InChI is InChI=1S/C13H15N3O4S/c17-13(18)14-7-3-1-2-4-12-15-10-6-5-9(16(19)20)8-11(10)21-12/h5-6,8,14H,1-4,7H2,(H,17,18). The third-order valence-corrected chi connectivity index (χ3v) is 4.05. The van der Waals surface area contributed by atoms with Crippen LogP contribution in [0.3, 0.4) is 0 Å². The van der Waals surface area contributed by atoms with E-state index in [-0.39, 0.29) is 5.69 Å². The van der Waals surface area contributed by atoms with Crippen LogP contribution in [0, 0.1) is 10.1 Å². The van der Waals surface area contributed by atoms with Gasteiger partial charge in [-0.2, -0.15) is 0 Å². The highest BCUT2D eigenvalue weighted by Gasteiger charge is 2.10. The Balaban J connectivity index is 1.85. The number of hydrogen-bond donors (Lipinski definition) is 2. The highest BCUT2D eigenvalue weighted by molar-refractivity contribution is 7.18. The monoisotopic (exact) mass is 309 g/mol. The van der Waals surface area contributed by atoms with E-state index in [4.69, 9.17) is 5.11 Å². The first-order chi connectivity index (χ1) is 10.1. The number of nitro benzene ring substituents is 1. The van der Waals surface area contributed by atoms with E-state index >= 15 is 0 Å². The molecule has 2 rings (SSSR count). The number of thiazole rings is 1. The summed E-state index contributed by atoms with van der Waals surface area (Å²) in [5.41, 5.74) is 0.866. The van der Waals surface area contributed by atoms with E-state index in [1.807, 2.05) is 0 Å². The Kier molecular flexibility index (Phi) is 5.04. The fraction of sp³-hybridized carbons (Fsp3) is 0.385. The summed E-state index contributed by atoms with van der Waals surface area (Å²) in [6, 6.07) is 4.68. The second-order valence-corrected chi connectivity index (χ2v) is 5.67. The van der Waals surface area contributed by atoms with Crippen LogP contribution in [0.15, 0.2) is 18.2 Å². The van der Waals surface area contributed by atoms with Gasteiger partial charge in [0.05, 0.1) is 20.1 Å². The third-order valence-electron chi connectivity index (χ3n) is 2.97. The number of carboxylic acid groups (broad SMARTS) is 1. The average Bonchev–Trinajstić information content (AvgIpc) is 2.83. The molecule has 0 saturated carbocycles. The van der Waals surface area contributed by atoms with Gasteiger partial charge in [0.15, 0.2) is 0 Å². The van der Waals surface area contributed by atoms with Crippen LogP contribution in [0.1, 0.15) is 24.3 Å². The number of amides is 1. The smallest absolute Gasteiger partial charge is 0.404 e. The molecule has 1 aromatic carbocycles. The molecule has 0 fully saturated rings. The summed E-state index contributed by atoms with van der Waals surface area (Å²) in [5.74, 6) is 0. The van der Waals surface area contributed by atoms with Crippen LogP contribution in [0.5, 0.6) is 0 Å². The Morgan fingerprint density at radius 3 is 2.90 bits per heavy atom. The molecule has 0 radical (unpaired) electrons. The minimum atomic E-state index is -0.997. The van der Waals surface area contributed by atoms with Gasteiger partial charge in [0, 0.05) is 18.7 Å². The van der Waals surface area contributed by atoms with Gasteiger partial charge < -0.3 is 10.4 Å². The zero-order valence-electron chi connectivity index (χ0n) is 11.2. The topological polar surface area (TPSA) is 105 Å². The maximum atomic E-state index is 10.7. The summed E-state index contributed by atoms with van der Waals surface area (Å²) in [6.45, 7) is 0.460. The Morgan fingerprint density at radius 2 is 2.19 bits per heavy atom. The Labute approximate surface area is 124 Å². The Morgan fingerprint density at radius 1 is 1.38 bits per heavy atom. The lowest BCUT2D eigenvalue weighted by molar-refractivity contribution is -0.384. The predicted molar refractivity (Wildman–Crippen MR) is 79.9 cm³/mol. The van der Waals surface area contributed by atoms with Gasteiger partial charge in [-0.15, -0.1) is 11.3 Å². The number of aryl methyl sites for hydroxylation is 1. The summed E-state index contributed by atoms with van der Waals surface area (Å²) in [6.07, 6.45) is 2.44. The molecule has 1 heterocycles. The zero-order valence-corrected chi connectivity index (χ0v) is 12.1. The first-order valence-corrected chi connectivity index (χ1v) is 7.38. The van der Waals surface area contributed by atoms with E-state index in [2.05, 4.69) is 10.3 Å². The Bertz CT molecular complexity index is 656. The van der Waals surface area contributed by atoms with E-state index in [9.17, 15) is 14.9 Å². The molecule has 1 amide bonds. The molecular weight excluding hydrogens is 294 g/mol. The molecule has 0 aliphatic carbocycles. The molecule has 0 aliphatic rings. The van der Waals surface area contributed by atoms with Gasteiger partial charge in [-0.3, -0.25) is 10.1 Å². The third kappa shape index (κ3) is 4.38. The highest BCUT2D eigenvalue weighted by Crippen LogP contribution is 2.27. The number of fused-ring (bicyclic) bond motifs is 1. The van der Waals surface area contributed by atoms with E-state index in [1.165, 1.54) is 17.4 Å². The molecule has 0 aliphatic heterocycles. The van der Waals surface area contributed by atoms with Gasteiger partial charge in [-0.25, -0.2) is 9.78 Å². The number of benzene rings is 1. The number of aromatic nitrogens is 1. The van der Waals surface area contributed by atoms with Crippen molar-refractivity contribution in [2.75, 3.05) is 6.54 Å². The molecule has 0 spiro atoms. The summed E-state index contributed by atoms with van der Waals surface area (Å²) in [7, 11) is 0. The van der Waals surface area contributed by atoms with Crippen LogP contribution in [0.25, 0.3) is 10.2 Å². The molecule has 7 nitrogen and oxygen atoms in total. The van der Waals surface area contributed by atoms with E-state index in [0.717, 1.165) is 40.9 Å². The van der Waals surface area contributed by atoms with Crippen LogP contribution < -0.4 is 5.32 Å². The van der Waals surface area contributed by atoms with Crippen LogP contribution in [0.4, 0.5) is 10.5 Å². The lowest BCUT2D eigenvalue weighted by Crippen LogP contribution is -2.21. The normalized spacial score (nSPS) is 10.7. The molecule has 0 atom stereocenters. The van der Waals surface area contributed by atoms with Crippen molar-refractivity contribution >= 4 is 33.3 Å². The maximum absolute atomic E-state index is 10.7. The number of hydrogen-bond acceptors (Lipinski definition) is 5. The van der Waals surface area contributed by atoms with Gasteiger partial charge in [0.2, 0.25) is 0 Å². The molecule has 0 saturated heterocycles. The second-order valence-electron chi connectivity index (χ2n) is 4.56. The van der Waals surface area contributed by atoms with Gasteiger partial charge in [-0.05, 0) is 25.3 Å². The van der Waals surface area contributed by atoms with Crippen molar-refractivity contribution in [1.82, 2.24) is 10.3 Å². The number of nitrogens with zero attached hydrogens (tertiary/aromatic N) is 2. The first kappa shape index (κ1) is 15.2. The fourth-order valence-electron chi connectivity index (χ4n) is 1.95. The molecule has 21 heavy (non-hydrogen) atoms. The Hall–Kier alpha value is -2.22. The van der Waals surface area contributed by atoms with Crippen molar-refractivity contribution in [3.05, 3.63) is 33.3 Å². The van der Waals surface area contributed by atoms with Crippen molar-refractivity contribution in [2.45, 2.75) is 25.7 Å². The van der Waals surface area contributed by atoms with E-state index in [0.29, 0.717) is 6.54 Å². The predicted octanol–water partition coefficient (Wildman–Crippen LogP) is 3.18. The van der Waals surface area contributed by atoms with Gasteiger partial charge in [-0.1, -0.05) is 6.42 Å². The van der Waals surface area contributed by atoms with Crippen LogP contribution in [-0.2, 0) is 6.42 Å². The molecule has 2 aromatic rings. The molecule has 0 bridgehead atoms. The zero-order chi connectivity index (χ0) is 15.2. The highest BCUT2D eigenvalue weighted by atomic mass is 32.1. The van der Waals surface area contributed by atoms with Crippen molar-refractivity contribution in [2.24, 2.45) is 0 Å². The lowest BCUT2D eigenvalue weighted by atomic mass is 10.2. The summed E-state index contributed by atoms with van der Waals surface area (Å²) < 4.78 is 0.826.